The largest absolute Gasteiger partial charge is 0.388 e. The highest BCUT2D eigenvalue weighted by Crippen LogP contribution is 2.10. The number of carbonyl (C=O) groups is 1. The molecule has 2 heteroatoms. The van der Waals surface area contributed by atoms with Gasteiger partial charge in [0.25, 0.3) is 0 Å². The van der Waals surface area contributed by atoms with Gasteiger partial charge in [0.2, 0.25) is 0 Å². The molecule has 1 aliphatic heterocycles. The Balaban J connectivity index is 2.08. The standard InChI is InChI=1S/C11H19NO/c1-2-3-4-5-6-10-9-11(13)7-8-12-10/h7-8,10,12H,2-6,9H2,1H3/t10-/m0/s1. The van der Waals surface area contributed by atoms with E-state index in [1.807, 2.05) is 0 Å². The van der Waals surface area contributed by atoms with Crippen LogP contribution in [0.1, 0.15) is 45.4 Å². The van der Waals surface area contributed by atoms with Gasteiger partial charge in [0, 0.05) is 18.7 Å². The highest BCUT2D eigenvalue weighted by molar-refractivity contribution is 5.90. The zero-order valence-corrected chi connectivity index (χ0v) is 8.38. The van der Waals surface area contributed by atoms with E-state index in [0.29, 0.717) is 12.5 Å². The Hall–Kier alpha value is -0.790. The van der Waals surface area contributed by atoms with Crippen molar-refractivity contribution in [1.82, 2.24) is 5.32 Å². The Morgan fingerprint density at radius 1 is 1.46 bits per heavy atom. The smallest absolute Gasteiger partial charge is 0.159 e. The monoisotopic (exact) mass is 181 g/mol. The fourth-order valence-corrected chi connectivity index (χ4v) is 1.65. The molecule has 0 aromatic carbocycles. The molecule has 0 fully saturated rings. The predicted octanol–water partition coefficient (Wildman–Crippen LogP) is 2.40. The van der Waals surface area contributed by atoms with Gasteiger partial charge in [-0.15, -0.1) is 0 Å². The fraction of sp³-hybridized carbons (Fsp3) is 0.727. The molecule has 0 spiro atoms. The summed E-state index contributed by atoms with van der Waals surface area (Å²) in [5, 5.41) is 3.23. The number of hydrogen-bond donors (Lipinski definition) is 1. The fourth-order valence-electron chi connectivity index (χ4n) is 1.65. The summed E-state index contributed by atoms with van der Waals surface area (Å²) in [4.78, 5) is 11.0. The molecule has 0 radical (unpaired) electrons. The molecule has 0 unspecified atom stereocenters. The molecule has 0 saturated carbocycles. The van der Waals surface area contributed by atoms with Crippen molar-refractivity contribution in [3.63, 3.8) is 0 Å². The van der Waals surface area contributed by atoms with Crippen LogP contribution in [0.2, 0.25) is 0 Å². The first-order chi connectivity index (χ1) is 6.33. The Bertz CT molecular complexity index is 187. The summed E-state index contributed by atoms with van der Waals surface area (Å²) >= 11 is 0. The van der Waals surface area contributed by atoms with E-state index in [2.05, 4.69) is 12.2 Å². The van der Waals surface area contributed by atoms with Gasteiger partial charge in [-0.05, 0) is 12.5 Å². The van der Waals surface area contributed by atoms with Gasteiger partial charge in [0.1, 0.15) is 0 Å². The van der Waals surface area contributed by atoms with Crippen LogP contribution in [0.15, 0.2) is 12.3 Å². The minimum Gasteiger partial charge on any atom is -0.388 e. The van der Waals surface area contributed by atoms with E-state index in [4.69, 9.17) is 0 Å². The number of rotatable bonds is 5. The summed E-state index contributed by atoms with van der Waals surface area (Å²) in [5.41, 5.74) is 0. The molecule has 2 nitrogen and oxygen atoms in total. The lowest BCUT2D eigenvalue weighted by molar-refractivity contribution is -0.115. The minimum absolute atomic E-state index is 0.263. The second-order valence-corrected chi connectivity index (χ2v) is 3.72. The molecule has 0 aromatic heterocycles. The number of hydrogen-bond acceptors (Lipinski definition) is 2. The lowest BCUT2D eigenvalue weighted by atomic mass is 10.0. The normalized spacial score (nSPS) is 21.6. The third kappa shape index (κ3) is 4.11. The number of unbranched alkanes of at least 4 members (excludes halogenated alkanes) is 3. The first-order valence-corrected chi connectivity index (χ1v) is 5.28. The zero-order valence-electron chi connectivity index (χ0n) is 8.38. The molecule has 0 amide bonds. The van der Waals surface area contributed by atoms with Crippen LogP contribution in [0.25, 0.3) is 0 Å². The SMILES string of the molecule is CCCCCC[C@H]1CC(=O)C=CN1. The second kappa shape index (κ2) is 5.79. The summed E-state index contributed by atoms with van der Waals surface area (Å²) < 4.78 is 0. The van der Waals surface area contributed by atoms with Gasteiger partial charge in [0.05, 0.1) is 0 Å². The van der Waals surface area contributed by atoms with Crippen LogP contribution in [0.3, 0.4) is 0 Å². The van der Waals surface area contributed by atoms with Crippen molar-refractivity contribution in [2.75, 3.05) is 0 Å². The average Bonchev–Trinajstić information content (AvgIpc) is 2.13. The van der Waals surface area contributed by atoms with Gasteiger partial charge in [0.15, 0.2) is 5.78 Å². The van der Waals surface area contributed by atoms with E-state index in [1.54, 1.807) is 12.3 Å². The Morgan fingerprint density at radius 2 is 2.31 bits per heavy atom. The van der Waals surface area contributed by atoms with Crippen LogP contribution < -0.4 is 5.32 Å². The van der Waals surface area contributed by atoms with Crippen LogP contribution >= 0.6 is 0 Å². The highest BCUT2D eigenvalue weighted by Gasteiger charge is 2.13. The molecule has 0 saturated heterocycles. The van der Waals surface area contributed by atoms with E-state index >= 15 is 0 Å². The second-order valence-electron chi connectivity index (χ2n) is 3.72. The third-order valence-electron chi connectivity index (χ3n) is 2.45. The number of carbonyl (C=O) groups excluding carboxylic acids is 1. The Morgan fingerprint density at radius 3 is 3.00 bits per heavy atom. The van der Waals surface area contributed by atoms with E-state index < -0.39 is 0 Å². The van der Waals surface area contributed by atoms with Crippen LogP contribution in [-0.2, 0) is 4.79 Å². The van der Waals surface area contributed by atoms with E-state index in [1.165, 1.54) is 25.7 Å². The summed E-state index contributed by atoms with van der Waals surface area (Å²) in [5.74, 6) is 0.263. The molecule has 0 bridgehead atoms. The molecule has 1 heterocycles. The van der Waals surface area contributed by atoms with Crippen molar-refractivity contribution in [3.05, 3.63) is 12.3 Å². The van der Waals surface area contributed by atoms with Crippen LogP contribution in [0.5, 0.6) is 0 Å². The maximum Gasteiger partial charge on any atom is 0.159 e. The van der Waals surface area contributed by atoms with Gasteiger partial charge in [-0.25, -0.2) is 0 Å². The summed E-state index contributed by atoms with van der Waals surface area (Å²) in [6, 6.07) is 0.398. The topological polar surface area (TPSA) is 29.1 Å². The quantitative estimate of drug-likeness (QED) is 0.660. The zero-order chi connectivity index (χ0) is 9.52. The molecule has 74 valence electrons. The molecular formula is C11H19NO. The van der Waals surface area contributed by atoms with E-state index in [0.717, 1.165) is 6.42 Å². The van der Waals surface area contributed by atoms with Crippen molar-refractivity contribution in [2.45, 2.75) is 51.5 Å². The highest BCUT2D eigenvalue weighted by atomic mass is 16.1. The maximum atomic E-state index is 11.0. The molecule has 0 aliphatic carbocycles. The van der Waals surface area contributed by atoms with Crippen molar-refractivity contribution < 1.29 is 4.79 Å². The first-order valence-electron chi connectivity index (χ1n) is 5.28. The number of ketones is 1. The van der Waals surface area contributed by atoms with Crippen LogP contribution in [0.4, 0.5) is 0 Å². The van der Waals surface area contributed by atoms with E-state index in [9.17, 15) is 4.79 Å². The average molecular weight is 181 g/mol. The van der Waals surface area contributed by atoms with Crippen LogP contribution in [0, 0.1) is 0 Å². The molecular weight excluding hydrogens is 162 g/mol. The minimum atomic E-state index is 0.263. The van der Waals surface area contributed by atoms with Gasteiger partial charge in [-0.3, -0.25) is 4.79 Å². The molecule has 0 aromatic rings. The van der Waals surface area contributed by atoms with E-state index in [-0.39, 0.29) is 5.78 Å². The molecule has 1 rings (SSSR count). The molecule has 1 N–H and O–H groups in total. The third-order valence-corrected chi connectivity index (χ3v) is 2.45. The molecule has 1 atom stereocenters. The lowest BCUT2D eigenvalue weighted by Gasteiger charge is -2.18. The van der Waals surface area contributed by atoms with Gasteiger partial charge < -0.3 is 5.32 Å². The molecule has 1 aliphatic rings. The summed E-state index contributed by atoms with van der Waals surface area (Å²) in [6.45, 7) is 2.21. The first kappa shape index (κ1) is 10.3. The Labute approximate surface area is 80.4 Å². The van der Waals surface area contributed by atoms with Crippen molar-refractivity contribution in [3.8, 4) is 0 Å². The number of allylic oxidation sites excluding steroid dienone is 1. The van der Waals surface area contributed by atoms with Crippen molar-refractivity contribution >= 4 is 5.78 Å². The van der Waals surface area contributed by atoms with Crippen LogP contribution in [-0.4, -0.2) is 11.8 Å². The Kier molecular flexibility index (Phi) is 4.58. The lowest BCUT2D eigenvalue weighted by Crippen LogP contribution is -2.30. The van der Waals surface area contributed by atoms with Crippen molar-refractivity contribution in [1.29, 1.82) is 0 Å². The van der Waals surface area contributed by atoms with Gasteiger partial charge in [-0.2, -0.15) is 0 Å². The summed E-state index contributed by atoms with van der Waals surface area (Å²) in [7, 11) is 0. The van der Waals surface area contributed by atoms with Gasteiger partial charge in [-0.1, -0.05) is 32.6 Å². The molecule has 13 heavy (non-hydrogen) atoms. The van der Waals surface area contributed by atoms with Crippen molar-refractivity contribution in [2.24, 2.45) is 0 Å². The number of nitrogens with one attached hydrogen (secondary N) is 1. The maximum absolute atomic E-state index is 11.0. The predicted molar refractivity (Wildman–Crippen MR) is 54.4 cm³/mol. The van der Waals surface area contributed by atoms with Gasteiger partial charge >= 0.3 is 0 Å². The summed E-state index contributed by atoms with van der Waals surface area (Å²) in [6.07, 6.45) is 10.4.